The molecule has 3 aliphatic rings. The van der Waals surface area contributed by atoms with Gasteiger partial charge >= 0.3 is 0 Å². The topological polar surface area (TPSA) is 71.7 Å². The van der Waals surface area contributed by atoms with Gasteiger partial charge in [0.1, 0.15) is 11.5 Å². The zero-order chi connectivity index (χ0) is 34.4. The van der Waals surface area contributed by atoms with Crippen LogP contribution < -0.4 is 4.74 Å². The van der Waals surface area contributed by atoms with Crippen molar-refractivity contribution in [3.05, 3.63) is 155 Å². The molecule has 0 bridgehead atoms. The van der Waals surface area contributed by atoms with Crippen LogP contribution in [0, 0.1) is 23.2 Å². The van der Waals surface area contributed by atoms with Gasteiger partial charge in [-0.05, 0) is 71.2 Å². The first-order chi connectivity index (χ1) is 24.3. The molecule has 0 N–H and O–H groups in total. The Labute approximate surface area is 294 Å². The van der Waals surface area contributed by atoms with Gasteiger partial charge in [-0.1, -0.05) is 125 Å². The van der Waals surface area contributed by atoms with Gasteiger partial charge in [0.25, 0.3) is 0 Å². The van der Waals surface area contributed by atoms with Crippen molar-refractivity contribution in [3.63, 3.8) is 0 Å². The largest absolute Gasteiger partial charge is 0.457 e. The summed E-state index contributed by atoms with van der Waals surface area (Å²) in [6.45, 7) is 8.95. The van der Waals surface area contributed by atoms with Gasteiger partial charge in [-0.15, -0.1) is 0 Å². The van der Waals surface area contributed by atoms with Crippen molar-refractivity contribution in [2.75, 3.05) is 0 Å². The maximum atomic E-state index is 9.47. The van der Waals surface area contributed by atoms with Crippen LogP contribution in [0.2, 0.25) is 0 Å². The van der Waals surface area contributed by atoms with Crippen molar-refractivity contribution in [2.24, 2.45) is 11.8 Å². The molecule has 2 aliphatic carbocycles. The molecule has 8 rings (SSSR count). The molecule has 0 spiro atoms. The molecule has 5 heteroatoms. The summed E-state index contributed by atoms with van der Waals surface area (Å²) in [4.78, 5) is 14.9. The van der Waals surface area contributed by atoms with E-state index in [1.54, 1.807) is 0 Å². The second kappa shape index (κ2) is 12.5. The number of allylic oxidation sites excluding steroid dienone is 8. The number of benzene rings is 4. The number of fused-ring (bicyclic) bond motifs is 2. The van der Waals surface area contributed by atoms with E-state index in [1.165, 1.54) is 16.7 Å². The summed E-state index contributed by atoms with van der Waals surface area (Å²) in [5.74, 6) is 4.46. The Morgan fingerprint density at radius 1 is 0.720 bits per heavy atom. The first kappa shape index (κ1) is 31.4. The molecule has 0 saturated carbocycles. The fraction of sp³-hybridized carbons (Fsp3) is 0.200. The molecule has 1 aliphatic heterocycles. The van der Waals surface area contributed by atoms with Crippen molar-refractivity contribution in [2.45, 2.75) is 46.0 Å². The molecule has 2 unspecified atom stereocenters. The third-order valence-electron chi connectivity index (χ3n) is 10.2. The van der Waals surface area contributed by atoms with E-state index >= 15 is 0 Å². The van der Waals surface area contributed by atoms with Crippen molar-refractivity contribution in [1.29, 1.82) is 5.26 Å². The zero-order valence-corrected chi connectivity index (χ0v) is 28.8. The standard InChI is InChI=1S/C45H38N4O/c1-28-13-16-32(17-14-28)43-47-42(31-9-6-5-7-10-31)48-44(49-43)36-12-8-11-35(25-36)37-20-18-33(23-29(37)2)34-19-22-39-41(26-34)50-40-24-30(27-46)15-21-38(40)45(39,3)4/h5-13,15-22,24-26,28-29H,14,23H2,1-4H3. The summed E-state index contributed by atoms with van der Waals surface area (Å²) in [5, 5.41) is 9.47. The third-order valence-corrected chi connectivity index (χ3v) is 10.2. The van der Waals surface area contributed by atoms with Crippen LogP contribution in [0.4, 0.5) is 0 Å². The van der Waals surface area contributed by atoms with Crippen molar-refractivity contribution in [1.82, 2.24) is 15.0 Å². The minimum absolute atomic E-state index is 0.231. The van der Waals surface area contributed by atoms with Crippen molar-refractivity contribution < 1.29 is 4.74 Å². The highest BCUT2D eigenvalue weighted by atomic mass is 16.5. The van der Waals surface area contributed by atoms with Gasteiger partial charge in [0.2, 0.25) is 0 Å². The van der Waals surface area contributed by atoms with Gasteiger partial charge in [0, 0.05) is 33.2 Å². The third kappa shape index (κ3) is 5.77. The molecule has 2 atom stereocenters. The molecule has 1 aromatic heterocycles. The number of hydrogen-bond acceptors (Lipinski definition) is 5. The first-order valence-corrected chi connectivity index (χ1v) is 17.4. The van der Waals surface area contributed by atoms with Gasteiger partial charge in [0.15, 0.2) is 17.5 Å². The van der Waals surface area contributed by atoms with Gasteiger partial charge in [-0.25, -0.2) is 15.0 Å². The van der Waals surface area contributed by atoms with Crippen LogP contribution in [0.5, 0.6) is 11.5 Å². The summed E-state index contributed by atoms with van der Waals surface area (Å²) in [5.41, 5.74) is 10.5. The predicted octanol–water partition coefficient (Wildman–Crippen LogP) is 11.0. The highest BCUT2D eigenvalue weighted by molar-refractivity contribution is 5.82. The lowest BCUT2D eigenvalue weighted by atomic mass is 9.74. The van der Waals surface area contributed by atoms with E-state index in [1.807, 2.05) is 48.5 Å². The second-order valence-corrected chi connectivity index (χ2v) is 14.2. The van der Waals surface area contributed by atoms with Crippen LogP contribution in [0.3, 0.4) is 0 Å². The molecular weight excluding hydrogens is 613 g/mol. The molecule has 5 nitrogen and oxygen atoms in total. The Morgan fingerprint density at radius 3 is 2.16 bits per heavy atom. The molecule has 2 heterocycles. The maximum Gasteiger partial charge on any atom is 0.164 e. The highest BCUT2D eigenvalue weighted by Crippen LogP contribution is 2.49. The van der Waals surface area contributed by atoms with E-state index in [4.69, 9.17) is 19.7 Å². The first-order valence-electron chi connectivity index (χ1n) is 17.4. The maximum absolute atomic E-state index is 9.47. The molecular formula is C45H38N4O. The fourth-order valence-corrected chi connectivity index (χ4v) is 7.32. The minimum atomic E-state index is -0.231. The average Bonchev–Trinajstić information content (AvgIpc) is 3.15. The monoisotopic (exact) mass is 650 g/mol. The summed E-state index contributed by atoms with van der Waals surface area (Å²) >= 11 is 0. The Kier molecular flexibility index (Phi) is 7.88. The van der Waals surface area contributed by atoms with Gasteiger partial charge in [-0.3, -0.25) is 0 Å². The molecule has 0 saturated heterocycles. The number of hydrogen-bond donors (Lipinski definition) is 0. The van der Waals surface area contributed by atoms with E-state index in [-0.39, 0.29) is 5.41 Å². The van der Waals surface area contributed by atoms with Crippen LogP contribution in [0.25, 0.3) is 39.5 Å². The van der Waals surface area contributed by atoms with E-state index in [2.05, 4.69) is 107 Å². The minimum Gasteiger partial charge on any atom is -0.457 e. The van der Waals surface area contributed by atoms with Crippen molar-refractivity contribution >= 4 is 16.7 Å². The molecule has 50 heavy (non-hydrogen) atoms. The van der Waals surface area contributed by atoms with Crippen LogP contribution in [0.15, 0.2) is 121 Å². The summed E-state index contributed by atoms with van der Waals surface area (Å²) < 4.78 is 6.43. The van der Waals surface area contributed by atoms with E-state index in [0.29, 0.717) is 34.9 Å². The summed E-state index contributed by atoms with van der Waals surface area (Å²) in [7, 11) is 0. The van der Waals surface area contributed by atoms with Gasteiger partial charge < -0.3 is 4.74 Å². The molecule has 0 amide bonds. The SMILES string of the molecule is CC1C=CC(c2nc(-c3ccccc3)nc(-c3cccc(C4=CC=C(c5ccc6c(c5)Oc5cc(C#N)ccc5C6(C)C)CC4C)c3)n2)=CC1. The second-order valence-electron chi connectivity index (χ2n) is 14.2. The lowest BCUT2D eigenvalue weighted by molar-refractivity contribution is 0.417. The highest BCUT2D eigenvalue weighted by Gasteiger charge is 2.34. The lowest BCUT2D eigenvalue weighted by Gasteiger charge is -2.35. The number of rotatable bonds is 5. The van der Waals surface area contributed by atoms with E-state index in [0.717, 1.165) is 57.7 Å². The Hall–Kier alpha value is -5.86. The number of aromatic nitrogens is 3. The summed E-state index contributed by atoms with van der Waals surface area (Å²) in [6.07, 6.45) is 13.0. The number of nitrogens with zero attached hydrogens (tertiary/aromatic N) is 4. The molecule has 0 radical (unpaired) electrons. The smallest absolute Gasteiger partial charge is 0.164 e. The summed E-state index contributed by atoms with van der Waals surface area (Å²) in [6, 6.07) is 33.3. The molecule has 244 valence electrons. The van der Waals surface area contributed by atoms with Crippen molar-refractivity contribution in [3.8, 4) is 40.3 Å². The van der Waals surface area contributed by atoms with E-state index < -0.39 is 0 Å². The van der Waals surface area contributed by atoms with Crippen LogP contribution in [0.1, 0.15) is 74.2 Å². The van der Waals surface area contributed by atoms with Crippen LogP contribution in [-0.2, 0) is 5.41 Å². The normalized spacial score (nSPS) is 18.8. The number of nitriles is 1. The predicted molar refractivity (Wildman–Crippen MR) is 201 cm³/mol. The van der Waals surface area contributed by atoms with E-state index in [9.17, 15) is 5.26 Å². The Balaban J connectivity index is 1.12. The quantitative estimate of drug-likeness (QED) is 0.189. The fourth-order valence-electron chi connectivity index (χ4n) is 7.32. The van der Waals surface area contributed by atoms with Gasteiger partial charge in [-0.2, -0.15) is 5.26 Å². The van der Waals surface area contributed by atoms with Gasteiger partial charge in [0.05, 0.1) is 11.6 Å². The van der Waals surface area contributed by atoms with Crippen LogP contribution >= 0.6 is 0 Å². The average molecular weight is 651 g/mol. The molecule has 5 aromatic rings. The zero-order valence-electron chi connectivity index (χ0n) is 28.8. The molecule has 4 aromatic carbocycles. The molecule has 0 fully saturated rings. The lowest BCUT2D eigenvalue weighted by Crippen LogP contribution is -2.24. The van der Waals surface area contributed by atoms with Crippen LogP contribution in [-0.4, -0.2) is 15.0 Å². The Morgan fingerprint density at radius 2 is 1.42 bits per heavy atom. The number of ether oxygens (including phenoxy) is 1. The Bertz CT molecular complexity index is 2320.